The molecular weight excluding hydrogens is 304 g/mol. The second-order valence-corrected chi connectivity index (χ2v) is 6.58. The van der Waals surface area contributed by atoms with E-state index in [1.165, 1.54) is 32.8 Å². The van der Waals surface area contributed by atoms with Gasteiger partial charge in [0.2, 0.25) is 0 Å². The molecule has 0 unspecified atom stereocenters. The average molecular weight is 334 g/mol. The zero-order valence-electron chi connectivity index (χ0n) is 15.3. The van der Waals surface area contributed by atoms with Crippen LogP contribution in [0.1, 0.15) is 73.6 Å². The Balaban J connectivity index is 2.34. The lowest BCUT2D eigenvalue weighted by Crippen LogP contribution is -2.11. The van der Waals surface area contributed by atoms with Gasteiger partial charge in [-0.1, -0.05) is 40.0 Å². The van der Waals surface area contributed by atoms with Gasteiger partial charge in [0.25, 0.3) is 0 Å². The molecule has 0 aliphatic rings. The first kappa shape index (κ1) is 20.2. The van der Waals surface area contributed by atoms with Gasteiger partial charge in [0.15, 0.2) is 0 Å². The average Bonchev–Trinajstić information content (AvgIpc) is 2.59. The van der Waals surface area contributed by atoms with Crippen molar-refractivity contribution in [3.63, 3.8) is 0 Å². The van der Waals surface area contributed by atoms with Crippen molar-refractivity contribution in [3.8, 4) is 0 Å². The SMILES string of the molecule is CCCC[C@@H](C)C[C@@H](C)CCOC(=O)c1ccc(C(=O)OC)cc1. The second kappa shape index (κ2) is 10.8. The zero-order chi connectivity index (χ0) is 17.9. The Kier molecular flexibility index (Phi) is 9.13. The summed E-state index contributed by atoms with van der Waals surface area (Å²) >= 11 is 0. The summed E-state index contributed by atoms with van der Waals surface area (Å²) in [5, 5.41) is 0. The van der Waals surface area contributed by atoms with Crippen LogP contribution < -0.4 is 0 Å². The molecule has 1 aromatic rings. The molecule has 4 nitrogen and oxygen atoms in total. The number of carbonyl (C=O) groups excluding carboxylic acids is 2. The summed E-state index contributed by atoms with van der Waals surface area (Å²) in [6.07, 6.45) is 5.84. The first-order valence-electron chi connectivity index (χ1n) is 8.83. The van der Waals surface area contributed by atoms with Crippen molar-refractivity contribution in [1.29, 1.82) is 0 Å². The van der Waals surface area contributed by atoms with E-state index in [-0.39, 0.29) is 5.97 Å². The van der Waals surface area contributed by atoms with Gasteiger partial charge in [-0.25, -0.2) is 9.59 Å². The molecule has 0 aliphatic carbocycles. The molecule has 0 saturated carbocycles. The molecule has 0 aromatic heterocycles. The summed E-state index contributed by atoms with van der Waals surface area (Å²) in [6.45, 7) is 7.15. The lowest BCUT2D eigenvalue weighted by Gasteiger charge is -2.17. The fraction of sp³-hybridized carbons (Fsp3) is 0.600. The number of methoxy groups -OCH3 is 1. The van der Waals surface area contributed by atoms with E-state index in [9.17, 15) is 9.59 Å². The van der Waals surface area contributed by atoms with E-state index >= 15 is 0 Å². The molecule has 0 spiro atoms. The number of carbonyl (C=O) groups is 2. The first-order valence-corrected chi connectivity index (χ1v) is 8.83. The summed E-state index contributed by atoms with van der Waals surface area (Å²) < 4.78 is 9.96. The van der Waals surface area contributed by atoms with E-state index in [0.29, 0.717) is 23.7 Å². The maximum Gasteiger partial charge on any atom is 0.338 e. The highest BCUT2D eigenvalue weighted by molar-refractivity contribution is 5.93. The predicted octanol–water partition coefficient (Wildman–Crippen LogP) is 4.87. The highest BCUT2D eigenvalue weighted by Gasteiger charge is 2.12. The van der Waals surface area contributed by atoms with Crippen molar-refractivity contribution in [2.24, 2.45) is 11.8 Å². The number of hydrogen-bond acceptors (Lipinski definition) is 4. The number of unbranched alkanes of at least 4 members (excludes halogenated alkanes) is 1. The first-order chi connectivity index (χ1) is 11.5. The van der Waals surface area contributed by atoms with Gasteiger partial charge in [-0.05, 0) is 48.9 Å². The molecule has 1 rings (SSSR count). The summed E-state index contributed by atoms with van der Waals surface area (Å²) in [5.41, 5.74) is 0.871. The molecule has 0 aliphatic heterocycles. The number of esters is 2. The third kappa shape index (κ3) is 7.16. The van der Waals surface area contributed by atoms with Gasteiger partial charge in [0.1, 0.15) is 0 Å². The van der Waals surface area contributed by atoms with Crippen molar-refractivity contribution in [2.75, 3.05) is 13.7 Å². The minimum absolute atomic E-state index is 0.349. The van der Waals surface area contributed by atoms with Gasteiger partial charge in [-0.15, -0.1) is 0 Å². The number of rotatable bonds is 10. The summed E-state index contributed by atoms with van der Waals surface area (Å²) in [4.78, 5) is 23.4. The molecule has 0 heterocycles. The highest BCUT2D eigenvalue weighted by Crippen LogP contribution is 2.20. The van der Waals surface area contributed by atoms with Crippen LogP contribution in [0.4, 0.5) is 0 Å². The van der Waals surface area contributed by atoms with Crippen LogP contribution in [-0.4, -0.2) is 25.7 Å². The van der Waals surface area contributed by atoms with Crippen LogP contribution >= 0.6 is 0 Å². The monoisotopic (exact) mass is 334 g/mol. The van der Waals surface area contributed by atoms with Gasteiger partial charge in [0.05, 0.1) is 24.8 Å². The third-order valence-corrected chi connectivity index (χ3v) is 4.24. The van der Waals surface area contributed by atoms with Crippen LogP contribution in [0.2, 0.25) is 0 Å². The van der Waals surface area contributed by atoms with Gasteiger partial charge in [-0.2, -0.15) is 0 Å². The van der Waals surface area contributed by atoms with Gasteiger partial charge in [0, 0.05) is 0 Å². The normalized spacial score (nSPS) is 13.2. The van der Waals surface area contributed by atoms with Crippen molar-refractivity contribution < 1.29 is 19.1 Å². The Bertz CT molecular complexity index is 507. The Labute approximate surface area is 145 Å². The van der Waals surface area contributed by atoms with Gasteiger partial charge < -0.3 is 9.47 Å². The van der Waals surface area contributed by atoms with Crippen molar-refractivity contribution in [3.05, 3.63) is 35.4 Å². The van der Waals surface area contributed by atoms with Crippen molar-refractivity contribution >= 4 is 11.9 Å². The highest BCUT2D eigenvalue weighted by atomic mass is 16.5. The van der Waals surface area contributed by atoms with E-state index < -0.39 is 5.97 Å². The van der Waals surface area contributed by atoms with Crippen LogP contribution in [0.15, 0.2) is 24.3 Å². The van der Waals surface area contributed by atoms with Gasteiger partial charge in [-0.3, -0.25) is 0 Å². The largest absolute Gasteiger partial charge is 0.465 e. The van der Waals surface area contributed by atoms with E-state index in [0.717, 1.165) is 12.3 Å². The Hall–Kier alpha value is -1.84. The van der Waals surface area contributed by atoms with Crippen LogP contribution in [0.25, 0.3) is 0 Å². The third-order valence-electron chi connectivity index (χ3n) is 4.24. The Morgan fingerprint density at radius 3 is 2.04 bits per heavy atom. The summed E-state index contributed by atoms with van der Waals surface area (Å²) in [6, 6.07) is 6.32. The maximum atomic E-state index is 12.0. The predicted molar refractivity (Wildman–Crippen MR) is 95.2 cm³/mol. The maximum absolute atomic E-state index is 12.0. The standard InChI is InChI=1S/C20H30O4/c1-5-6-7-15(2)14-16(3)12-13-24-20(22)18-10-8-17(9-11-18)19(21)23-4/h8-11,15-16H,5-7,12-14H2,1-4H3/t15-,16+/m1/s1. The molecule has 1 aromatic carbocycles. The molecule has 24 heavy (non-hydrogen) atoms. The van der Waals surface area contributed by atoms with E-state index in [2.05, 4.69) is 25.5 Å². The second-order valence-electron chi connectivity index (χ2n) is 6.58. The molecule has 134 valence electrons. The van der Waals surface area contributed by atoms with Crippen LogP contribution in [0, 0.1) is 11.8 Å². The fourth-order valence-corrected chi connectivity index (χ4v) is 2.77. The number of hydrogen-bond donors (Lipinski definition) is 0. The summed E-state index contributed by atoms with van der Waals surface area (Å²) in [7, 11) is 1.33. The molecule has 0 N–H and O–H groups in total. The molecule has 0 amide bonds. The lowest BCUT2D eigenvalue weighted by atomic mass is 9.91. The van der Waals surface area contributed by atoms with E-state index in [1.807, 2.05) is 0 Å². The number of benzene rings is 1. The fourth-order valence-electron chi connectivity index (χ4n) is 2.77. The number of ether oxygens (including phenoxy) is 2. The molecule has 0 bridgehead atoms. The molecule has 0 fully saturated rings. The van der Waals surface area contributed by atoms with E-state index in [1.54, 1.807) is 24.3 Å². The molecule has 2 atom stereocenters. The van der Waals surface area contributed by atoms with Crippen molar-refractivity contribution in [2.45, 2.75) is 52.9 Å². The van der Waals surface area contributed by atoms with Crippen LogP contribution in [-0.2, 0) is 9.47 Å². The minimum atomic E-state index is -0.416. The van der Waals surface area contributed by atoms with Crippen molar-refractivity contribution in [1.82, 2.24) is 0 Å². The molecule has 4 heteroatoms. The lowest BCUT2D eigenvalue weighted by molar-refractivity contribution is 0.0480. The smallest absolute Gasteiger partial charge is 0.338 e. The topological polar surface area (TPSA) is 52.6 Å². The van der Waals surface area contributed by atoms with Gasteiger partial charge >= 0.3 is 11.9 Å². The van der Waals surface area contributed by atoms with Crippen LogP contribution in [0.5, 0.6) is 0 Å². The molecular formula is C20H30O4. The summed E-state index contributed by atoms with van der Waals surface area (Å²) in [5.74, 6) is 0.506. The minimum Gasteiger partial charge on any atom is -0.465 e. The van der Waals surface area contributed by atoms with Crippen LogP contribution in [0.3, 0.4) is 0 Å². The Morgan fingerprint density at radius 1 is 0.958 bits per heavy atom. The molecule has 0 saturated heterocycles. The quantitative estimate of drug-likeness (QED) is 0.573. The molecule has 0 radical (unpaired) electrons. The van der Waals surface area contributed by atoms with E-state index in [4.69, 9.17) is 4.74 Å². The Morgan fingerprint density at radius 2 is 1.50 bits per heavy atom. The zero-order valence-corrected chi connectivity index (χ0v) is 15.3.